The second-order valence-corrected chi connectivity index (χ2v) is 7.87. The molecule has 0 aliphatic heterocycles. The maximum absolute atomic E-state index is 12.6. The largest absolute Gasteiger partial charge is 0.452 e. The Morgan fingerprint density at radius 2 is 1.76 bits per heavy atom. The van der Waals surface area contributed by atoms with Crippen LogP contribution in [0.2, 0.25) is 0 Å². The van der Waals surface area contributed by atoms with Crippen LogP contribution in [-0.2, 0) is 19.6 Å². The lowest BCUT2D eigenvalue weighted by molar-refractivity contribution is -0.119. The lowest BCUT2D eigenvalue weighted by Gasteiger charge is -2.18. The van der Waals surface area contributed by atoms with E-state index in [1.165, 1.54) is 28.6 Å². The number of carbonyl (C=O) groups excluding carboxylic acids is 2. The zero-order valence-electron chi connectivity index (χ0n) is 16.1. The topological polar surface area (TPSA) is 117 Å². The van der Waals surface area contributed by atoms with Crippen LogP contribution >= 0.6 is 0 Å². The molecule has 0 heterocycles. The van der Waals surface area contributed by atoms with Crippen LogP contribution in [0.1, 0.15) is 29.8 Å². The highest BCUT2D eigenvalue weighted by Gasteiger charge is 2.23. The molecule has 0 radical (unpaired) electrons. The predicted molar refractivity (Wildman–Crippen MR) is 107 cm³/mol. The van der Waals surface area contributed by atoms with Crippen molar-refractivity contribution >= 4 is 27.6 Å². The molecule has 0 spiro atoms. The average Bonchev–Trinajstić information content (AvgIpc) is 2.73. The Bertz CT molecular complexity index is 1020. The number of esters is 1. The summed E-state index contributed by atoms with van der Waals surface area (Å²) >= 11 is 0. The van der Waals surface area contributed by atoms with Gasteiger partial charge in [-0.15, -0.1) is 0 Å². The minimum Gasteiger partial charge on any atom is -0.452 e. The molecule has 152 valence electrons. The van der Waals surface area contributed by atoms with Gasteiger partial charge in [-0.1, -0.05) is 19.9 Å². The first-order valence-corrected chi connectivity index (χ1v) is 10.3. The van der Waals surface area contributed by atoms with Crippen molar-refractivity contribution in [1.82, 2.24) is 4.31 Å². The standard InChI is InChI=1S/C20H21N3O5S/c1-3-23(4-2)29(26,27)18-7-5-6-16(12-18)20(25)28-14-19(24)22-17-10-8-15(13-21)9-11-17/h5-12H,3-4,14H2,1-2H3,(H,22,24). The van der Waals surface area contributed by atoms with Gasteiger partial charge < -0.3 is 10.1 Å². The van der Waals surface area contributed by atoms with Gasteiger partial charge in [-0.25, -0.2) is 13.2 Å². The highest BCUT2D eigenvalue weighted by molar-refractivity contribution is 7.89. The molecule has 9 heteroatoms. The predicted octanol–water partition coefficient (Wildman–Crippen LogP) is 2.38. The van der Waals surface area contributed by atoms with E-state index in [9.17, 15) is 18.0 Å². The summed E-state index contributed by atoms with van der Waals surface area (Å²) in [5, 5.41) is 11.3. The maximum atomic E-state index is 12.6. The lowest BCUT2D eigenvalue weighted by atomic mass is 10.2. The Morgan fingerprint density at radius 1 is 1.10 bits per heavy atom. The molecular formula is C20H21N3O5S. The number of hydrogen-bond acceptors (Lipinski definition) is 6. The summed E-state index contributed by atoms with van der Waals surface area (Å²) in [5.74, 6) is -1.37. The van der Waals surface area contributed by atoms with Crippen molar-refractivity contribution in [3.05, 3.63) is 59.7 Å². The smallest absolute Gasteiger partial charge is 0.338 e. The fraction of sp³-hybridized carbons (Fsp3) is 0.250. The number of amides is 1. The van der Waals surface area contributed by atoms with Gasteiger partial charge in [0.1, 0.15) is 0 Å². The van der Waals surface area contributed by atoms with Gasteiger partial charge >= 0.3 is 5.97 Å². The number of nitrogens with zero attached hydrogens (tertiary/aromatic N) is 2. The summed E-state index contributed by atoms with van der Waals surface area (Å²) in [6, 6.07) is 13.7. The van der Waals surface area contributed by atoms with Crippen LogP contribution in [0.25, 0.3) is 0 Å². The Kier molecular flexibility index (Phi) is 7.47. The van der Waals surface area contributed by atoms with Crippen molar-refractivity contribution in [2.24, 2.45) is 0 Å². The lowest BCUT2D eigenvalue weighted by Crippen LogP contribution is -2.30. The third kappa shape index (κ3) is 5.63. The normalized spacial score (nSPS) is 11.0. The Labute approximate surface area is 169 Å². The molecule has 0 saturated carbocycles. The number of ether oxygens (including phenoxy) is 1. The average molecular weight is 415 g/mol. The third-order valence-electron chi connectivity index (χ3n) is 4.05. The van der Waals surface area contributed by atoms with E-state index in [4.69, 9.17) is 10.00 Å². The highest BCUT2D eigenvalue weighted by Crippen LogP contribution is 2.17. The first kappa shape index (κ1) is 22.1. The monoisotopic (exact) mass is 415 g/mol. The Morgan fingerprint density at radius 3 is 2.34 bits per heavy atom. The third-order valence-corrected chi connectivity index (χ3v) is 6.09. The fourth-order valence-corrected chi connectivity index (χ4v) is 4.04. The van der Waals surface area contributed by atoms with E-state index in [0.29, 0.717) is 24.3 Å². The molecule has 0 aromatic heterocycles. The van der Waals surface area contributed by atoms with Gasteiger partial charge in [0.25, 0.3) is 5.91 Å². The van der Waals surface area contributed by atoms with E-state index in [1.54, 1.807) is 38.1 Å². The van der Waals surface area contributed by atoms with Crippen molar-refractivity contribution in [1.29, 1.82) is 5.26 Å². The van der Waals surface area contributed by atoms with Crippen LogP contribution in [0, 0.1) is 11.3 Å². The number of rotatable bonds is 8. The quantitative estimate of drug-likeness (QED) is 0.662. The number of anilines is 1. The second-order valence-electron chi connectivity index (χ2n) is 5.93. The molecule has 0 bridgehead atoms. The van der Waals surface area contributed by atoms with Gasteiger partial charge in [-0.2, -0.15) is 9.57 Å². The molecule has 1 N–H and O–H groups in total. The molecule has 0 saturated heterocycles. The fourth-order valence-electron chi connectivity index (χ4n) is 2.54. The van der Waals surface area contributed by atoms with E-state index >= 15 is 0 Å². The van der Waals surface area contributed by atoms with Gasteiger partial charge in [-0.3, -0.25) is 4.79 Å². The highest BCUT2D eigenvalue weighted by atomic mass is 32.2. The number of benzene rings is 2. The van der Waals surface area contributed by atoms with Gasteiger partial charge in [-0.05, 0) is 42.5 Å². The summed E-state index contributed by atoms with van der Waals surface area (Å²) in [7, 11) is -3.71. The van der Waals surface area contributed by atoms with Crippen LogP contribution in [-0.4, -0.2) is 44.3 Å². The van der Waals surface area contributed by atoms with Crippen LogP contribution in [0.4, 0.5) is 5.69 Å². The molecule has 1 amide bonds. The van der Waals surface area contributed by atoms with E-state index in [1.807, 2.05) is 6.07 Å². The number of nitrogens with one attached hydrogen (secondary N) is 1. The summed E-state index contributed by atoms with van der Waals surface area (Å²) in [6.45, 7) is 3.54. The first-order chi connectivity index (χ1) is 13.8. The second kappa shape index (κ2) is 9.82. The molecule has 0 unspecified atom stereocenters. The molecule has 0 atom stereocenters. The van der Waals surface area contributed by atoms with Crippen molar-refractivity contribution in [3.63, 3.8) is 0 Å². The van der Waals surface area contributed by atoms with E-state index in [-0.39, 0.29) is 10.5 Å². The van der Waals surface area contributed by atoms with Gasteiger partial charge in [0, 0.05) is 18.8 Å². The molecule has 2 aromatic carbocycles. The maximum Gasteiger partial charge on any atom is 0.338 e. The minimum absolute atomic E-state index is 0.0160. The number of nitriles is 1. The van der Waals surface area contributed by atoms with Crippen molar-refractivity contribution in [2.45, 2.75) is 18.7 Å². The van der Waals surface area contributed by atoms with Crippen molar-refractivity contribution < 1.29 is 22.7 Å². The number of hydrogen-bond donors (Lipinski definition) is 1. The van der Waals surface area contributed by atoms with Gasteiger partial charge in [0.15, 0.2) is 6.61 Å². The molecule has 2 rings (SSSR count). The van der Waals surface area contributed by atoms with Crippen LogP contribution < -0.4 is 5.32 Å². The summed E-state index contributed by atoms with van der Waals surface area (Å²) < 4.78 is 31.4. The Hall–Kier alpha value is -3.22. The number of carbonyl (C=O) groups is 2. The molecule has 0 aliphatic carbocycles. The zero-order chi connectivity index (χ0) is 21.4. The molecule has 29 heavy (non-hydrogen) atoms. The van der Waals surface area contributed by atoms with Crippen molar-refractivity contribution in [2.75, 3.05) is 25.0 Å². The van der Waals surface area contributed by atoms with Crippen LogP contribution in [0.5, 0.6) is 0 Å². The minimum atomic E-state index is -3.71. The number of sulfonamides is 1. The SMILES string of the molecule is CCN(CC)S(=O)(=O)c1cccc(C(=O)OCC(=O)Nc2ccc(C#N)cc2)c1. The van der Waals surface area contributed by atoms with Gasteiger partial charge in [0.05, 0.1) is 22.1 Å². The van der Waals surface area contributed by atoms with Crippen LogP contribution in [0.3, 0.4) is 0 Å². The van der Waals surface area contributed by atoms with E-state index in [2.05, 4.69) is 5.32 Å². The molecule has 0 fully saturated rings. The van der Waals surface area contributed by atoms with Gasteiger partial charge in [0.2, 0.25) is 10.0 Å². The molecule has 0 aliphatic rings. The van der Waals surface area contributed by atoms with E-state index in [0.717, 1.165) is 0 Å². The first-order valence-electron chi connectivity index (χ1n) is 8.89. The van der Waals surface area contributed by atoms with E-state index < -0.39 is 28.5 Å². The Balaban J connectivity index is 2.02. The van der Waals surface area contributed by atoms with Crippen LogP contribution in [0.15, 0.2) is 53.4 Å². The molecular weight excluding hydrogens is 394 g/mol. The zero-order valence-corrected chi connectivity index (χ0v) is 16.9. The summed E-state index contributed by atoms with van der Waals surface area (Å²) in [4.78, 5) is 24.2. The summed E-state index contributed by atoms with van der Waals surface area (Å²) in [6.07, 6.45) is 0. The summed E-state index contributed by atoms with van der Waals surface area (Å²) in [5.41, 5.74) is 0.940. The molecule has 2 aromatic rings. The molecule has 8 nitrogen and oxygen atoms in total. The van der Waals surface area contributed by atoms with Crippen molar-refractivity contribution in [3.8, 4) is 6.07 Å².